The molecule has 0 aromatic heterocycles. The molecule has 0 bridgehead atoms. The third-order valence-corrected chi connectivity index (χ3v) is 4.60. The number of benzene rings is 1. The Kier molecular flexibility index (Phi) is 8.50. The SMILES string of the molecule is CCOC(=O)C[C@@H](NC(=O)OC(C)(C)C)[C@@H]1CCCN1C(=O)OCc1ccccc1. The van der Waals surface area contributed by atoms with Crippen LogP contribution in [0.5, 0.6) is 0 Å². The van der Waals surface area contributed by atoms with Gasteiger partial charge in [0.1, 0.15) is 12.2 Å². The van der Waals surface area contributed by atoms with Gasteiger partial charge >= 0.3 is 18.2 Å². The molecule has 1 aromatic rings. The van der Waals surface area contributed by atoms with E-state index in [0.717, 1.165) is 12.0 Å². The first-order valence-electron chi connectivity index (χ1n) is 10.3. The summed E-state index contributed by atoms with van der Waals surface area (Å²) in [6, 6.07) is 8.38. The van der Waals surface area contributed by atoms with Crippen LogP contribution in [0.2, 0.25) is 0 Å². The van der Waals surface area contributed by atoms with Crippen LogP contribution in [0.15, 0.2) is 30.3 Å². The first-order valence-corrected chi connectivity index (χ1v) is 10.3. The quantitative estimate of drug-likeness (QED) is 0.535. The van der Waals surface area contributed by atoms with Crippen molar-refractivity contribution in [2.24, 2.45) is 0 Å². The van der Waals surface area contributed by atoms with Crippen molar-refractivity contribution >= 4 is 18.2 Å². The minimum atomic E-state index is -0.678. The van der Waals surface area contributed by atoms with Crippen LogP contribution in [0, 0.1) is 0 Å². The lowest BCUT2D eigenvalue weighted by molar-refractivity contribution is -0.144. The average Bonchev–Trinajstić information content (AvgIpc) is 3.15. The molecule has 166 valence electrons. The average molecular weight is 421 g/mol. The van der Waals surface area contributed by atoms with E-state index in [4.69, 9.17) is 14.2 Å². The number of amides is 2. The molecule has 0 radical (unpaired) electrons. The van der Waals surface area contributed by atoms with Crippen molar-refractivity contribution in [2.75, 3.05) is 13.2 Å². The molecule has 1 fully saturated rings. The molecule has 30 heavy (non-hydrogen) atoms. The molecule has 0 aliphatic carbocycles. The number of carbonyl (C=O) groups is 3. The highest BCUT2D eigenvalue weighted by molar-refractivity contribution is 5.74. The van der Waals surface area contributed by atoms with E-state index in [0.29, 0.717) is 13.0 Å². The van der Waals surface area contributed by atoms with E-state index in [1.165, 1.54) is 0 Å². The number of ether oxygens (including phenoxy) is 3. The minimum Gasteiger partial charge on any atom is -0.466 e. The molecule has 2 rings (SSSR count). The van der Waals surface area contributed by atoms with Crippen molar-refractivity contribution < 1.29 is 28.6 Å². The molecule has 8 nitrogen and oxygen atoms in total. The Labute approximate surface area is 177 Å². The van der Waals surface area contributed by atoms with Gasteiger partial charge < -0.3 is 24.4 Å². The van der Waals surface area contributed by atoms with E-state index in [1.54, 1.807) is 32.6 Å². The van der Waals surface area contributed by atoms with Gasteiger partial charge in [0.15, 0.2) is 0 Å². The Hall–Kier alpha value is -2.77. The van der Waals surface area contributed by atoms with Crippen LogP contribution in [0.3, 0.4) is 0 Å². The Balaban J connectivity index is 2.06. The summed E-state index contributed by atoms with van der Waals surface area (Å²) < 4.78 is 15.8. The molecule has 1 aromatic carbocycles. The van der Waals surface area contributed by atoms with Crippen LogP contribution in [-0.2, 0) is 25.6 Å². The van der Waals surface area contributed by atoms with Crippen LogP contribution in [0.4, 0.5) is 9.59 Å². The number of nitrogens with one attached hydrogen (secondary N) is 1. The predicted molar refractivity (Wildman–Crippen MR) is 111 cm³/mol. The summed E-state index contributed by atoms with van der Waals surface area (Å²) in [4.78, 5) is 38.7. The first-order chi connectivity index (χ1) is 14.2. The summed E-state index contributed by atoms with van der Waals surface area (Å²) in [6.45, 7) is 7.89. The topological polar surface area (TPSA) is 94.2 Å². The zero-order chi connectivity index (χ0) is 22.1. The fraction of sp³-hybridized carbons (Fsp3) is 0.591. The highest BCUT2D eigenvalue weighted by Crippen LogP contribution is 2.24. The number of rotatable bonds is 7. The van der Waals surface area contributed by atoms with Gasteiger partial charge in [-0.25, -0.2) is 9.59 Å². The molecule has 1 saturated heterocycles. The second kappa shape index (κ2) is 10.8. The van der Waals surface area contributed by atoms with Crippen LogP contribution >= 0.6 is 0 Å². The van der Waals surface area contributed by atoms with Gasteiger partial charge in [-0.3, -0.25) is 4.79 Å². The third-order valence-electron chi connectivity index (χ3n) is 4.60. The smallest absolute Gasteiger partial charge is 0.410 e. The second-order valence-electron chi connectivity index (χ2n) is 8.21. The highest BCUT2D eigenvalue weighted by Gasteiger charge is 2.38. The zero-order valence-corrected chi connectivity index (χ0v) is 18.2. The maximum Gasteiger partial charge on any atom is 0.410 e. The van der Waals surface area contributed by atoms with Gasteiger partial charge in [0.25, 0.3) is 0 Å². The summed E-state index contributed by atoms with van der Waals surface area (Å²) in [5.41, 5.74) is 0.208. The van der Waals surface area contributed by atoms with Crippen molar-refractivity contribution in [2.45, 2.75) is 71.2 Å². The van der Waals surface area contributed by atoms with Crippen molar-refractivity contribution in [3.63, 3.8) is 0 Å². The van der Waals surface area contributed by atoms with Crippen LogP contribution in [-0.4, -0.2) is 53.9 Å². The molecule has 0 spiro atoms. The van der Waals surface area contributed by atoms with Gasteiger partial charge in [-0.2, -0.15) is 0 Å². The maximum absolute atomic E-state index is 12.7. The summed E-state index contributed by atoms with van der Waals surface area (Å²) in [7, 11) is 0. The Morgan fingerprint density at radius 1 is 1.17 bits per heavy atom. The van der Waals surface area contributed by atoms with E-state index >= 15 is 0 Å². The second-order valence-corrected chi connectivity index (χ2v) is 8.21. The van der Waals surface area contributed by atoms with E-state index in [1.807, 2.05) is 30.3 Å². The Morgan fingerprint density at radius 3 is 2.50 bits per heavy atom. The molecular weight excluding hydrogens is 388 g/mol. The van der Waals surface area contributed by atoms with Crippen LogP contribution in [0.1, 0.15) is 52.5 Å². The highest BCUT2D eigenvalue weighted by atomic mass is 16.6. The van der Waals surface area contributed by atoms with Gasteiger partial charge in [0.05, 0.1) is 25.1 Å². The predicted octanol–water partition coefficient (Wildman–Crippen LogP) is 3.63. The lowest BCUT2D eigenvalue weighted by atomic mass is 10.0. The molecule has 2 atom stereocenters. The molecular formula is C22H32N2O6. The number of hydrogen-bond donors (Lipinski definition) is 1. The van der Waals surface area contributed by atoms with Gasteiger partial charge in [0.2, 0.25) is 0 Å². The number of carbonyl (C=O) groups excluding carboxylic acids is 3. The summed E-state index contributed by atoms with van der Waals surface area (Å²) in [6.07, 6.45) is 0.225. The van der Waals surface area contributed by atoms with Gasteiger partial charge in [0, 0.05) is 6.54 Å². The van der Waals surface area contributed by atoms with Crippen molar-refractivity contribution in [1.29, 1.82) is 0 Å². The fourth-order valence-electron chi connectivity index (χ4n) is 3.38. The summed E-state index contributed by atoms with van der Waals surface area (Å²) >= 11 is 0. The van der Waals surface area contributed by atoms with Gasteiger partial charge in [-0.15, -0.1) is 0 Å². The first kappa shape index (κ1) is 23.5. The number of nitrogens with zero attached hydrogens (tertiary/aromatic N) is 1. The summed E-state index contributed by atoms with van der Waals surface area (Å²) in [5, 5.41) is 2.75. The lowest BCUT2D eigenvalue weighted by Gasteiger charge is -2.32. The van der Waals surface area contributed by atoms with Crippen LogP contribution < -0.4 is 5.32 Å². The van der Waals surface area contributed by atoms with E-state index in [-0.39, 0.29) is 25.7 Å². The fourth-order valence-corrected chi connectivity index (χ4v) is 3.38. The number of hydrogen-bond acceptors (Lipinski definition) is 6. The molecule has 0 unspecified atom stereocenters. The monoisotopic (exact) mass is 420 g/mol. The number of esters is 1. The number of alkyl carbamates (subject to hydrolysis) is 1. The van der Waals surface area contributed by atoms with Crippen molar-refractivity contribution in [1.82, 2.24) is 10.2 Å². The lowest BCUT2D eigenvalue weighted by Crippen LogP contribution is -2.52. The molecule has 1 aliphatic heterocycles. The molecule has 1 heterocycles. The van der Waals surface area contributed by atoms with E-state index in [2.05, 4.69) is 5.32 Å². The normalized spacial score (nSPS) is 17.2. The van der Waals surface area contributed by atoms with Crippen molar-refractivity contribution in [3.8, 4) is 0 Å². The number of likely N-dealkylation sites (tertiary alicyclic amines) is 1. The largest absolute Gasteiger partial charge is 0.466 e. The minimum absolute atomic E-state index is 0.0553. The van der Waals surface area contributed by atoms with Crippen LogP contribution in [0.25, 0.3) is 0 Å². The third kappa shape index (κ3) is 7.57. The molecule has 8 heteroatoms. The molecule has 2 amide bonds. The van der Waals surface area contributed by atoms with Crippen molar-refractivity contribution in [3.05, 3.63) is 35.9 Å². The summed E-state index contributed by atoms with van der Waals surface area (Å²) in [5.74, 6) is -0.442. The Morgan fingerprint density at radius 2 is 1.87 bits per heavy atom. The van der Waals surface area contributed by atoms with Gasteiger partial charge in [-0.1, -0.05) is 30.3 Å². The molecule has 1 aliphatic rings. The Bertz CT molecular complexity index is 716. The standard InChI is InChI=1S/C22H32N2O6/c1-5-28-19(25)14-17(23-20(26)30-22(2,3)4)18-12-9-13-24(18)21(27)29-15-16-10-7-6-8-11-16/h6-8,10-11,17-18H,5,9,12-15H2,1-4H3,(H,23,26)/t17-,18+/m1/s1. The van der Waals surface area contributed by atoms with E-state index < -0.39 is 29.8 Å². The van der Waals surface area contributed by atoms with E-state index in [9.17, 15) is 14.4 Å². The maximum atomic E-state index is 12.7. The molecule has 0 saturated carbocycles. The zero-order valence-electron chi connectivity index (χ0n) is 18.2. The molecule has 1 N–H and O–H groups in total. The van der Waals surface area contributed by atoms with Gasteiger partial charge in [-0.05, 0) is 46.1 Å².